The van der Waals surface area contributed by atoms with Gasteiger partial charge in [0.25, 0.3) is 5.56 Å². The van der Waals surface area contributed by atoms with Crippen LogP contribution >= 0.6 is 11.6 Å². The molecule has 4 rings (SSSR count). The SMILES string of the molecule is CCC(C(=O)NCc1ccccc1Cl)n1nc(C)c2c(C)n(-c3ccc(C)cc3)nc2c1=O. The van der Waals surface area contributed by atoms with Gasteiger partial charge in [-0.05, 0) is 51.0 Å². The van der Waals surface area contributed by atoms with E-state index in [0.29, 0.717) is 28.0 Å². The van der Waals surface area contributed by atoms with Gasteiger partial charge in [0.05, 0.1) is 22.5 Å². The van der Waals surface area contributed by atoms with E-state index in [1.807, 2.05) is 70.2 Å². The average molecular weight is 464 g/mol. The fourth-order valence-electron chi connectivity index (χ4n) is 4.01. The molecule has 4 aromatic rings. The summed E-state index contributed by atoms with van der Waals surface area (Å²) in [6.45, 7) is 7.89. The van der Waals surface area contributed by atoms with Crippen LogP contribution in [0.5, 0.6) is 0 Å². The van der Waals surface area contributed by atoms with Gasteiger partial charge < -0.3 is 5.32 Å². The first kappa shape index (κ1) is 22.7. The van der Waals surface area contributed by atoms with Gasteiger partial charge in [0.1, 0.15) is 6.04 Å². The number of amides is 1. The number of aromatic nitrogens is 4. The minimum absolute atomic E-state index is 0.270. The molecule has 0 aliphatic rings. The molecule has 0 radical (unpaired) electrons. The number of benzene rings is 2. The third-order valence-electron chi connectivity index (χ3n) is 5.82. The van der Waals surface area contributed by atoms with Gasteiger partial charge in [-0.25, -0.2) is 9.36 Å². The van der Waals surface area contributed by atoms with E-state index >= 15 is 0 Å². The van der Waals surface area contributed by atoms with Gasteiger partial charge in [-0.2, -0.15) is 10.2 Å². The smallest absolute Gasteiger partial charge is 0.295 e. The Kier molecular flexibility index (Phi) is 6.33. The lowest BCUT2D eigenvalue weighted by atomic mass is 10.1. The first-order chi connectivity index (χ1) is 15.8. The molecule has 2 aromatic carbocycles. The highest BCUT2D eigenvalue weighted by Gasteiger charge is 2.25. The van der Waals surface area contributed by atoms with E-state index in [9.17, 15) is 9.59 Å². The van der Waals surface area contributed by atoms with Crippen molar-refractivity contribution in [1.82, 2.24) is 24.9 Å². The van der Waals surface area contributed by atoms with Crippen molar-refractivity contribution in [1.29, 1.82) is 0 Å². The van der Waals surface area contributed by atoms with Crippen LogP contribution in [0.4, 0.5) is 0 Å². The zero-order valence-electron chi connectivity index (χ0n) is 19.1. The van der Waals surface area contributed by atoms with Gasteiger partial charge in [0.2, 0.25) is 5.91 Å². The van der Waals surface area contributed by atoms with Crippen LogP contribution < -0.4 is 10.9 Å². The number of aryl methyl sites for hydroxylation is 3. The lowest BCUT2D eigenvalue weighted by Crippen LogP contribution is -2.38. The maximum Gasteiger partial charge on any atom is 0.295 e. The quantitative estimate of drug-likeness (QED) is 0.458. The molecule has 0 aliphatic carbocycles. The van der Waals surface area contributed by atoms with Crippen molar-refractivity contribution in [3.63, 3.8) is 0 Å². The summed E-state index contributed by atoms with van der Waals surface area (Å²) in [6.07, 6.45) is 0.407. The van der Waals surface area contributed by atoms with Gasteiger partial charge >= 0.3 is 0 Å². The van der Waals surface area contributed by atoms with Crippen molar-refractivity contribution >= 4 is 28.4 Å². The molecule has 1 N–H and O–H groups in total. The number of nitrogens with zero attached hydrogens (tertiary/aromatic N) is 4. The number of fused-ring (bicyclic) bond motifs is 1. The minimum atomic E-state index is -0.757. The van der Waals surface area contributed by atoms with E-state index in [-0.39, 0.29) is 18.0 Å². The molecule has 2 heterocycles. The molecule has 1 amide bonds. The Bertz CT molecular complexity index is 1390. The van der Waals surface area contributed by atoms with Crippen molar-refractivity contribution < 1.29 is 4.79 Å². The summed E-state index contributed by atoms with van der Waals surface area (Å²) in [5.41, 5.74) is 4.22. The van der Waals surface area contributed by atoms with E-state index in [2.05, 4.69) is 15.5 Å². The van der Waals surface area contributed by atoms with Crippen LogP contribution in [0, 0.1) is 20.8 Å². The highest BCUT2D eigenvalue weighted by molar-refractivity contribution is 6.31. The van der Waals surface area contributed by atoms with E-state index in [0.717, 1.165) is 22.5 Å². The summed E-state index contributed by atoms with van der Waals surface area (Å²) in [5, 5.41) is 13.3. The Labute approximate surface area is 197 Å². The number of carbonyl (C=O) groups is 1. The molecule has 0 saturated heterocycles. The number of hydrogen-bond acceptors (Lipinski definition) is 4. The summed E-state index contributed by atoms with van der Waals surface area (Å²) in [5.74, 6) is -0.291. The molecule has 0 bridgehead atoms. The number of rotatable bonds is 6. The van der Waals surface area contributed by atoms with Crippen LogP contribution in [0.3, 0.4) is 0 Å². The Morgan fingerprint density at radius 1 is 1.06 bits per heavy atom. The molecule has 1 atom stereocenters. The normalized spacial score (nSPS) is 12.2. The molecule has 8 heteroatoms. The van der Waals surface area contributed by atoms with Crippen molar-refractivity contribution in [2.24, 2.45) is 0 Å². The summed E-state index contributed by atoms with van der Waals surface area (Å²) >= 11 is 6.20. The van der Waals surface area contributed by atoms with Crippen molar-refractivity contribution in [3.8, 4) is 5.69 Å². The number of hydrogen-bond donors (Lipinski definition) is 1. The predicted molar refractivity (Wildman–Crippen MR) is 130 cm³/mol. The van der Waals surface area contributed by atoms with Crippen molar-refractivity contribution in [2.45, 2.75) is 46.7 Å². The summed E-state index contributed by atoms with van der Waals surface area (Å²) in [6, 6.07) is 14.5. The van der Waals surface area contributed by atoms with Crippen LogP contribution in [0.2, 0.25) is 5.02 Å². The fraction of sp³-hybridized carbons (Fsp3) is 0.280. The zero-order chi connectivity index (χ0) is 23.7. The fourth-order valence-corrected chi connectivity index (χ4v) is 4.21. The lowest BCUT2D eigenvalue weighted by molar-refractivity contribution is -0.125. The second-order valence-electron chi connectivity index (χ2n) is 8.12. The minimum Gasteiger partial charge on any atom is -0.350 e. The summed E-state index contributed by atoms with van der Waals surface area (Å²) < 4.78 is 3.01. The second-order valence-corrected chi connectivity index (χ2v) is 8.53. The maximum atomic E-state index is 13.4. The number of carbonyl (C=O) groups excluding carboxylic acids is 1. The molecule has 7 nitrogen and oxygen atoms in total. The van der Waals surface area contributed by atoms with Crippen molar-refractivity contribution in [2.75, 3.05) is 0 Å². The first-order valence-corrected chi connectivity index (χ1v) is 11.3. The Morgan fingerprint density at radius 3 is 2.42 bits per heavy atom. The molecule has 0 saturated carbocycles. The van der Waals surface area contributed by atoms with Crippen LogP contribution in [-0.2, 0) is 11.3 Å². The lowest BCUT2D eigenvalue weighted by Gasteiger charge is -2.17. The molecule has 1 unspecified atom stereocenters. The number of halogens is 1. The highest BCUT2D eigenvalue weighted by atomic mass is 35.5. The van der Waals surface area contributed by atoms with E-state index in [4.69, 9.17) is 11.6 Å². The molecule has 0 fully saturated rings. The zero-order valence-corrected chi connectivity index (χ0v) is 19.8. The van der Waals surface area contributed by atoms with Gasteiger partial charge in [-0.3, -0.25) is 9.59 Å². The Morgan fingerprint density at radius 2 is 1.76 bits per heavy atom. The number of nitrogens with one attached hydrogen (secondary N) is 1. The molecular weight excluding hydrogens is 438 g/mol. The monoisotopic (exact) mass is 463 g/mol. The van der Waals surface area contributed by atoms with Crippen LogP contribution in [0.25, 0.3) is 16.6 Å². The third kappa shape index (κ3) is 4.28. The van der Waals surface area contributed by atoms with Gasteiger partial charge in [0, 0.05) is 11.6 Å². The Balaban J connectivity index is 1.71. The molecule has 2 aromatic heterocycles. The van der Waals surface area contributed by atoms with Crippen LogP contribution in [-0.4, -0.2) is 25.5 Å². The standard InChI is InChI=1S/C25H26ClN5O2/c1-5-21(24(32)27-14-18-8-6-7-9-20(18)26)31-25(33)23-22(16(3)28-31)17(4)30(29-23)19-12-10-15(2)11-13-19/h6-13,21H,5,14H2,1-4H3,(H,27,32). The van der Waals surface area contributed by atoms with Gasteiger partial charge in [0.15, 0.2) is 5.52 Å². The average Bonchev–Trinajstić information content (AvgIpc) is 3.15. The summed E-state index contributed by atoms with van der Waals surface area (Å²) in [4.78, 5) is 26.4. The highest BCUT2D eigenvalue weighted by Crippen LogP contribution is 2.23. The predicted octanol–water partition coefficient (Wildman–Crippen LogP) is 4.43. The van der Waals surface area contributed by atoms with E-state index in [1.54, 1.807) is 10.7 Å². The Hall–Kier alpha value is -3.45. The van der Waals surface area contributed by atoms with Gasteiger partial charge in [-0.15, -0.1) is 0 Å². The molecule has 33 heavy (non-hydrogen) atoms. The summed E-state index contributed by atoms with van der Waals surface area (Å²) in [7, 11) is 0. The molecule has 0 aliphatic heterocycles. The molecular formula is C25H26ClN5O2. The van der Waals surface area contributed by atoms with E-state index < -0.39 is 6.04 Å². The van der Waals surface area contributed by atoms with Crippen molar-refractivity contribution in [3.05, 3.63) is 86.4 Å². The molecule has 170 valence electrons. The first-order valence-electron chi connectivity index (χ1n) is 10.9. The maximum absolute atomic E-state index is 13.4. The topological polar surface area (TPSA) is 81.8 Å². The molecule has 0 spiro atoms. The van der Waals surface area contributed by atoms with Crippen LogP contribution in [0.15, 0.2) is 53.3 Å². The van der Waals surface area contributed by atoms with E-state index in [1.165, 1.54) is 4.68 Å². The third-order valence-corrected chi connectivity index (χ3v) is 6.19. The van der Waals surface area contributed by atoms with Crippen LogP contribution in [0.1, 0.15) is 41.9 Å². The second kappa shape index (κ2) is 9.19. The van der Waals surface area contributed by atoms with Gasteiger partial charge in [-0.1, -0.05) is 54.4 Å². The largest absolute Gasteiger partial charge is 0.350 e.